The van der Waals surface area contributed by atoms with Gasteiger partial charge in [0.15, 0.2) is 5.82 Å². The number of anilines is 1. The number of rotatable bonds is 1. The number of carbonyl (C=O) groups excluding carboxylic acids is 1. The molecule has 0 bridgehead atoms. The summed E-state index contributed by atoms with van der Waals surface area (Å²) in [6, 6.07) is 2.12. The van der Waals surface area contributed by atoms with E-state index in [-0.39, 0.29) is 12.1 Å². The molecule has 0 saturated carbocycles. The molecule has 1 rings (SSSR count). The van der Waals surface area contributed by atoms with Gasteiger partial charge in [-0.05, 0) is 12.1 Å². The standard InChI is InChI=1S/C11H9F2NO2/c1-16-10(15)4-2-3-7-8(12)5-6-9(14)11(7)13/h5-6H,4,14H2,1H3. The summed E-state index contributed by atoms with van der Waals surface area (Å²) in [5, 5.41) is 0. The third-order valence-corrected chi connectivity index (χ3v) is 1.79. The lowest BCUT2D eigenvalue weighted by Gasteiger charge is -1.99. The van der Waals surface area contributed by atoms with Crippen LogP contribution in [0.15, 0.2) is 12.1 Å². The molecule has 0 aliphatic rings. The quantitative estimate of drug-likeness (QED) is 0.447. The van der Waals surface area contributed by atoms with Gasteiger partial charge in [-0.3, -0.25) is 4.79 Å². The van der Waals surface area contributed by atoms with Crippen molar-refractivity contribution in [1.29, 1.82) is 0 Å². The van der Waals surface area contributed by atoms with E-state index in [0.29, 0.717) is 0 Å². The van der Waals surface area contributed by atoms with Gasteiger partial charge in [-0.2, -0.15) is 0 Å². The van der Waals surface area contributed by atoms with Crippen LogP contribution in [0.1, 0.15) is 12.0 Å². The van der Waals surface area contributed by atoms with Crippen molar-refractivity contribution in [1.82, 2.24) is 0 Å². The molecule has 0 aliphatic heterocycles. The lowest BCUT2D eigenvalue weighted by atomic mass is 10.1. The molecule has 0 heterocycles. The van der Waals surface area contributed by atoms with Crippen molar-refractivity contribution in [2.75, 3.05) is 12.8 Å². The number of nitrogen functional groups attached to an aromatic ring is 1. The van der Waals surface area contributed by atoms with Gasteiger partial charge in [-0.25, -0.2) is 8.78 Å². The molecule has 0 amide bonds. The molecule has 0 aliphatic carbocycles. The first-order valence-electron chi connectivity index (χ1n) is 4.35. The number of ether oxygens (including phenoxy) is 1. The molecule has 0 aromatic heterocycles. The van der Waals surface area contributed by atoms with Crippen LogP contribution in [0.25, 0.3) is 0 Å². The highest BCUT2D eigenvalue weighted by molar-refractivity contribution is 5.72. The van der Waals surface area contributed by atoms with Crippen molar-refractivity contribution < 1.29 is 18.3 Å². The zero-order chi connectivity index (χ0) is 12.1. The fourth-order valence-corrected chi connectivity index (χ4v) is 0.960. The minimum absolute atomic E-state index is 0.191. The Morgan fingerprint density at radius 1 is 1.50 bits per heavy atom. The first kappa shape index (κ1) is 12.0. The van der Waals surface area contributed by atoms with Gasteiger partial charge in [0.2, 0.25) is 0 Å². The summed E-state index contributed by atoms with van der Waals surface area (Å²) >= 11 is 0. The van der Waals surface area contributed by atoms with Crippen molar-refractivity contribution in [2.45, 2.75) is 6.42 Å². The van der Waals surface area contributed by atoms with Crippen LogP contribution in [0.3, 0.4) is 0 Å². The number of carbonyl (C=O) groups is 1. The van der Waals surface area contributed by atoms with Gasteiger partial charge in [-0.1, -0.05) is 11.8 Å². The molecule has 0 saturated heterocycles. The monoisotopic (exact) mass is 225 g/mol. The molecular weight excluding hydrogens is 216 g/mol. The number of nitrogens with two attached hydrogens (primary N) is 1. The van der Waals surface area contributed by atoms with Crippen LogP contribution < -0.4 is 5.73 Å². The van der Waals surface area contributed by atoms with Crippen LogP contribution in [0, 0.1) is 23.5 Å². The Balaban J connectivity index is 2.96. The predicted molar refractivity (Wildman–Crippen MR) is 54.3 cm³/mol. The van der Waals surface area contributed by atoms with E-state index in [4.69, 9.17) is 5.73 Å². The minimum Gasteiger partial charge on any atom is -0.468 e. The number of halogens is 2. The predicted octanol–water partition coefficient (Wildman–Crippen LogP) is 1.46. The topological polar surface area (TPSA) is 52.3 Å². The van der Waals surface area contributed by atoms with E-state index in [1.807, 2.05) is 0 Å². The summed E-state index contributed by atoms with van der Waals surface area (Å²) < 4.78 is 30.7. The second kappa shape index (κ2) is 5.12. The Morgan fingerprint density at radius 2 is 2.19 bits per heavy atom. The molecular formula is C11H9F2NO2. The van der Waals surface area contributed by atoms with Gasteiger partial charge in [-0.15, -0.1) is 0 Å². The van der Waals surface area contributed by atoms with Crippen molar-refractivity contribution in [3.63, 3.8) is 0 Å². The molecule has 0 fully saturated rings. The minimum atomic E-state index is -0.919. The molecule has 0 spiro atoms. The van der Waals surface area contributed by atoms with Gasteiger partial charge < -0.3 is 10.5 Å². The maximum Gasteiger partial charge on any atom is 0.317 e. The SMILES string of the molecule is COC(=O)CC#Cc1c(F)ccc(N)c1F. The fraction of sp³-hybridized carbons (Fsp3) is 0.182. The van der Waals surface area contributed by atoms with Gasteiger partial charge >= 0.3 is 5.97 Å². The third kappa shape index (κ3) is 2.70. The Kier molecular flexibility index (Phi) is 3.84. The summed E-state index contributed by atoms with van der Waals surface area (Å²) in [5.74, 6) is 2.20. The lowest BCUT2D eigenvalue weighted by molar-refractivity contribution is -0.139. The van der Waals surface area contributed by atoms with Gasteiger partial charge in [0.05, 0.1) is 18.4 Å². The van der Waals surface area contributed by atoms with Crippen molar-refractivity contribution in [2.24, 2.45) is 0 Å². The highest BCUT2D eigenvalue weighted by Gasteiger charge is 2.09. The second-order valence-corrected chi connectivity index (χ2v) is 2.88. The third-order valence-electron chi connectivity index (χ3n) is 1.79. The highest BCUT2D eigenvalue weighted by atomic mass is 19.1. The fourth-order valence-electron chi connectivity index (χ4n) is 0.960. The number of benzene rings is 1. The van der Waals surface area contributed by atoms with E-state index in [1.165, 1.54) is 7.11 Å². The van der Waals surface area contributed by atoms with Crippen LogP contribution in [-0.2, 0) is 9.53 Å². The van der Waals surface area contributed by atoms with Crippen LogP contribution in [0.4, 0.5) is 14.5 Å². The Hall–Kier alpha value is -2.09. The maximum atomic E-state index is 13.3. The van der Waals surface area contributed by atoms with Gasteiger partial charge in [0.25, 0.3) is 0 Å². The highest BCUT2D eigenvalue weighted by Crippen LogP contribution is 2.17. The second-order valence-electron chi connectivity index (χ2n) is 2.88. The molecule has 5 heteroatoms. The summed E-state index contributed by atoms with van der Waals surface area (Å²) in [5.41, 5.74) is 4.61. The summed E-state index contributed by atoms with van der Waals surface area (Å²) in [6.45, 7) is 0. The first-order valence-corrected chi connectivity index (χ1v) is 4.35. The Labute approximate surface area is 91.2 Å². The van der Waals surface area contributed by atoms with Crippen molar-refractivity contribution in [3.8, 4) is 11.8 Å². The molecule has 2 N–H and O–H groups in total. The molecule has 3 nitrogen and oxygen atoms in total. The number of hydrogen-bond donors (Lipinski definition) is 1. The summed E-state index contributed by atoms with van der Waals surface area (Å²) in [4.78, 5) is 10.7. The van der Waals surface area contributed by atoms with E-state index >= 15 is 0 Å². The number of esters is 1. The Morgan fingerprint density at radius 3 is 2.81 bits per heavy atom. The van der Waals surface area contributed by atoms with Crippen LogP contribution >= 0.6 is 0 Å². The zero-order valence-corrected chi connectivity index (χ0v) is 8.51. The van der Waals surface area contributed by atoms with Crippen LogP contribution in [0.5, 0.6) is 0 Å². The van der Waals surface area contributed by atoms with E-state index in [9.17, 15) is 13.6 Å². The maximum absolute atomic E-state index is 13.3. The number of hydrogen-bond acceptors (Lipinski definition) is 3. The van der Waals surface area contributed by atoms with Gasteiger partial charge in [0.1, 0.15) is 12.2 Å². The molecule has 16 heavy (non-hydrogen) atoms. The van der Waals surface area contributed by atoms with Crippen LogP contribution in [0.2, 0.25) is 0 Å². The first-order chi connectivity index (χ1) is 7.56. The normalized spacial score (nSPS) is 9.19. The van der Waals surface area contributed by atoms with Gasteiger partial charge in [0, 0.05) is 0 Å². The van der Waals surface area contributed by atoms with E-state index in [2.05, 4.69) is 16.6 Å². The summed E-state index contributed by atoms with van der Waals surface area (Å²) in [7, 11) is 1.20. The largest absolute Gasteiger partial charge is 0.468 e. The number of methoxy groups -OCH3 is 1. The molecule has 0 atom stereocenters. The zero-order valence-electron chi connectivity index (χ0n) is 8.51. The van der Waals surface area contributed by atoms with Crippen molar-refractivity contribution >= 4 is 11.7 Å². The molecule has 0 radical (unpaired) electrons. The van der Waals surface area contributed by atoms with E-state index in [1.54, 1.807) is 0 Å². The molecule has 84 valence electrons. The average Bonchev–Trinajstić information content (AvgIpc) is 2.28. The average molecular weight is 225 g/mol. The molecule has 1 aromatic rings. The smallest absolute Gasteiger partial charge is 0.317 e. The van der Waals surface area contributed by atoms with E-state index < -0.39 is 23.2 Å². The van der Waals surface area contributed by atoms with Crippen LogP contribution in [-0.4, -0.2) is 13.1 Å². The lowest BCUT2D eigenvalue weighted by Crippen LogP contribution is -1.99. The Bertz CT molecular complexity index is 475. The van der Waals surface area contributed by atoms with E-state index in [0.717, 1.165) is 12.1 Å². The molecule has 0 unspecified atom stereocenters. The summed E-state index contributed by atoms with van der Waals surface area (Å²) in [6.07, 6.45) is -0.232. The molecule has 1 aromatic carbocycles. The van der Waals surface area contributed by atoms with Crippen molar-refractivity contribution in [3.05, 3.63) is 29.3 Å².